The van der Waals surface area contributed by atoms with Crippen LogP contribution in [0.5, 0.6) is 0 Å². The molecule has 16 heavy (non-hydrogen) atoms. The fourth-order valence-electron chi connectivity index (χ4n) is 1.99. The normalized spacial score (nSPS) is 20.3. The van der Waals surface area contributed by atoms with Crippen LogP contribution in [-0.4, -0.2) is 29.1 Å². The van der Waals surface area contributed by atoms with Crippen LogP contribution in [0.2, 0.25) is 0 Å². The number of rotatable bonds is 5. The minimum atomic E-state index is -0.128. The summed E-state index contributed by atoms with van der Waals surface area (Å²) in [6.07, 6.45) is 3.53. The fraction of sp³-hybridized carbons (Fsp3) is 0.833. The van der Waals surface area contributed by atoms with Crippen molar-refractivity contribution in [3.63, 3.8) is 0 Å². The summed E-state index contributed by atoms with van der Waals surface area (Å²) in [4.78, 5) is 25.1. The minimum absolute atomic E-state index is 0.0184. The van der Waals surface area contributed by atoms with E-state index in [1.165, 1.54) is 4.90 Å². The van der Waals surface area contributed by atoms with E-state index >= 15 is 0 Å². The van der Waals surface area contributed by atoms with Gasteiger partial charge in [0.25, 0.3) is 0 Å². The lowest BCUT2D eigenvalue weighted by molar-refractivity contribution is -0.153. The molecule has 1 heterocycles. The molecule has 2 amide bonds. The molecule has 0 atom stereocenters. The largest absolute Gasteiger partial charge is 0.283 e. The Bertz CT molecular complexity index is 260. The summed E-state index contributed by atoms with van der Waals surface area (Å²) in [5.41, 5.74) is -0.128. The highest BCUT2D eigenvalue weighted by molar-refractivity contribution is 6.17. The Morgan fingerprint density at radius 1 is 1.25 bits per heavy atom. The molecule has 0 aliphatic carbocycles. The van der Waals surface area contributed by atoms with E-state index in [1.807, 2.05) is 13.8 Å². The number of nitrogens with zero attached hydrogens (tertiary/aromatic N) is 1. The van der Waals surface area contributed by atoms with E-state index < -0.39 is 0 Å². The number of alkyl halides is 1. The van der Waals surface area contributed by atoms with Crippen LogP contribution in [0, 0.1) is 5.41 Å². The van der Waals surface area contributed by atoms with Gasteiger partial charge in [0, 0.05) is 25.3 Å². The van der Waals surface area contributed by atoms with Crippen LogP contribution in [0.1, 0.15) is 46.0 Å². The number of carbonyl (C=O) groups is 2. The lowest BCUT2D eigenvalue weighted by atomic mass is 9.77. The van der Waals surface area contributed by atoms with Crippen molar-refractivity contribution in [3.05, 3.63) is 0 Å². The highest BCUT2D eigenvalue weighted by Gasteiger charge is 2.38. The van der Waals surface area contributed by atoms with E-state index in [-0.39, 0.29) is 17.2 Å². The van der Waals surface area contributed by atoms with E-state index in [4.69, 9.17) is 11.6 Å². The van der Waals surface area contributed by atoms with Gasteiger partial charge in [-0.1, -0.05) is 13.8 Å². The molecule has 3 nitrogen and oxygen atoms in total. The third-order valence-corrected chi connectivity index (χ3v) is 3.64. The third-order valence-electron chi connectivity index (χ3n) is 3.38. The minimum Gasteiger partial charge on any atom is -0.283 e. The molecule has 0 aromatic rings. The summed E-state index contributed by atoms with van der Waals surface area (Å²) in [7, 11) is 0. The Hall–Kier alpha value is -0.570. The van der Waals surface area contributed by atoms with Crippen molar-refractivity contribution in [3.8, 4) is 0 Å². The Morgan fingerprint density at radius 2 is 1.81 bits per heavy atom. The van der Waals surface area contributed by atoms with Crippen LogP contribution in [0.3, 0.4) is 0 Å². The number of halogens is 1. The average molecular weight is 246 g/mol. The monoisotopic (exact) mass is 245 g/mol. The number of carbonyl (C=O) groups excluding carboxylic acids is 2. The summed E-state index contributed by atoms with van der Waals surface area (Å²) in [6, 6.07) is 0. The second-order valence-corrected chi connectivity index (χ2v) is 5.23. The maximum absolute atomic E-state index is 11.8. The molecule has 92 valence electrons. The Kier molecular flexibility index (Phi) is 4.78. The van der Waals surface area contributed by atoms with Crippen molar-refractivity contribution in [1.82, 2.24) is 4.90 Å². The predicted octanol–water partition coefficient (Wildman–Crippen LogP) is 2.57. The third kappa shape index (κ3) is 3.21. The van der Waals surface area contributed by atoms with E-state index in [0.29, 0.717) is 25.3 Å². The van der Waals surface area contributed by atoms with Gasteiger partial charge in [0.15, 0.2) is 0 Å². The second kappa shape index (κ2) is 5.67. The first kappa shape index (κ1) is 13.5. The SMILES string of the molecule is CCC1(C)CC(=O)N(CCCCCl)C(=O)C1. The number of hydrogen-bond donors (Lipinski definition) is 0. The van der Waals surface area contributed by atoms with Gasteiger partial charge in [0.05, 0.1) is 0 Å². The summed E-state index contributed by atoms with van der Waals surface area (Å²) < 4.78 is 0. The molecule has 0 saturated carbocycles. The molecule has 1 aliphatic heterocycles. The molecular formula is C12H20ClNO2. The van der Waals surface area contributed by atoms with Gasteiger partial charge in [-0.25, -0.2) is 0 Å². The average Bonchev–Trinajstić information content (AvgIpc) is 2.22. The maximum atomic E-state index is 11.8. The standard InChI is InChI=1S/C12H20ClNO2/c1-3-12(2)8-10(15)14(11(16)9-12)7-5-4-6-13/h3-9H2,1-2H3. The van der Waals surface area contributed by atoms with Gasteiger partial charge < -0.3 is 0 Å². The van der Waals surface area contributed by atoms with Crippen LogP contribution >= 0.6 is 11.6 Å². The number of likely N-dealkylation sites (tertiary alicyclic amines) is 1. The lowest BCUT2D eigenvalue weighted by Crippen LogP contribution is -2.47. The van der Waals surface area contributed by atoms with Gasteiger partial charge in [-0.15, -0.1) is 11.6 Å². The first-order valence-electron chi connectivity index (χ1n) is 5.91. The molecule has 4 heteroatoms. The number of imide groups is 1. The quantitative estimate of drug-likeness (QED) is 0.424. The van der Waals surface area contributed by atoms with Gasteiger partial charge in [-0.05, 0) is 24.7 Å². The van der Waals surface area contributed by atoms with E-state index in [0.717, 1.165) is 19.3 Å². The number of amides is 2. The molecular weight excluding hydrogens is 226 g/mol. The first-order chi connectivity index (χ1) is 7.52. The van der Waals surface area contributed by atoms with Gasteiger partial charge in [0.2, 0.25) is 11.8 Å². The van der Waals surface area contributed by atoms with Crippen LogP contribution in [0.15, 0.2) is 0 Å². The molecule has 0 spiro atoms. The van der Waals surface area contributed by atoms with Crippen molar-refractivity contribution >= 4 is 23.4 Å². The number of unbranched alkanes of at least 4 members (excludes halogenated alkanes) is 1. The van der Waals surface area contributed by atoms with Crippen molar-refractivity contribution in [2.45, 2.75) is 46.0 Å². The molecule has 0 unspecified atom stereocenters. The van der Waals surface area contributed by atoms with E-state index in [1.54, 1.807) is 0 Å². The van der Waals surface area contributed by atoms with E-state index in [2.05, 4.69) is 0 Å². The van der Waals surface area contributed by atoms with Gasteiger partial charge in [-0.3, -0.25) is 14.5 Å². The zero-order valence-electron chi connectivity index (χ0n) is 10.1. The van der Waals surface area contributed by atoms with Gasteiger partial charge >= 0.3 is 0 Å². The highest BCUT2D eigenvalue weighted by atomic mass is 35.5. The van der Waals surface area contributed by atoms with Crippen LogP contribution < -0.4 is 0 Å². The Labute approximate surface area is 102 Å². The molecule has 0 radical (unpaired) electrons. The second-order valence-electron chi connectivity index (χ2n) is 4.85. The molecule has 0 aromatic carbocycles. The summed E-state index contributed by atoms with van der Waals surface area (Å²) in [6.45, 7) is 4.58. The first-order valence-corrected chi connectivity index (χ1v) is 6.45. The summed E-state index contributed by atoms with van der Waals surface area (Å²) in [5.74, 6) is 0.549. The number of hydrogen-bond acceptors (Lipinski definition) is 2. The summed E-state index contributed by atoms with van der Waals surface area (Å²) >= 11 is 5.57. The topological polar surface area (TPSA) is 37.4 Å². The molecule has 1 fully saturated rings. The molecule has 1 saturated heterocycles. The molecule has 1 rings (SSSR count). The maximum Gasteiger partial charge on any atom is 0.229 e. The molecule has 1 aliphatic rings. The lowest BCUT2D eigenvalue weighted by Gasteiger charge is -2.36. The smallest absolute Gasteiger partial charge is 0.229 e. The summed E-state index contributed by atoms with van der Waals surface area (Å²) in [5, 5.41) is 0. The highest BCUT2D eigenvalue weighted by Crippen LogP contribution is 2.35. The molecule has 0 bridgehead atoms. The predicted molar refractivity (Wildman–Crippen MR) is 64.3 cm³/mol. The Morgan fingerprint density at radius 3 is 2.25 bits per heavy atom. The van der Waals surface area contributed by atoms with Crippen molar-refractivity contribution in [2.24, 2.45) is 5.41 Å². The van der Waals surface area contributed by atoms with Crippen molar-refractivity contribution < 1.29 is 9.59 Å². The molecule has 0 aromatic heterocycles. The van der Waals surface area contributed by atoms with Crippen LogP contribution in [0.25, 0.3) is 0 Å². The number of piperidine rings is 1. The zero-order valence-corrected chi connectivity index (χ0v) is 10.8. The van der Waals surface area contributed by atoms with Crippen LogP contribution in [-0.2, 0) is 9.59 Å². The fourth-order valence-corrected chi connectivity index (χ4v) is 2.18. The van der Waals surface area contributed by atoms with Gasteiger partial charge in [-0.2, -0.15) is 0 Å². The molecule has 0 N–H and O–H groups in total. The zero-order chi connectivity index (χ0) is 12.2. The van der Waals surface area contributed by atoms with Crippen molar-refractivity contribution in [1.29, 1.82) is 0 Å². The Balaban J connectivity index is 2.56. The van der Waals surface area contributed by atoms with Crippen LogP contribution in [0.4, 0.5) is 0 Å². The van der Waals surface area contributed by atoms with E-state index in [9.17, 15) is 9.59 Å². The van der Waals surface area contributed by atoms with Gasteiger partial charge in [0.1, 0.15) is 0 Å². The van der Waals surface area contributed by atoms with Crippen molar-refractivity contribution in [2.75, 3.05) is 12.4 Å².